The van der Waals surface area contributed by atoms with Gasteiger partial charge in [-0.2, -0.15) is 0 Å². The molecule has 3 atom stereocenters. The number of carbonyl (C=O) groups is 2. The number of nitrogens with two attached hydrogens (primary N) is 1. The topological polar surface area (TPSA) is 99.5 Å². The Morgan fingerprint density at radius 1 is 1.24 bits per heavy atom. The number of fused-ring (bicyclic) bond motifs is 1. The maximum Gasteiger partial charge on any atom is 0.248 e. The van der Waals surface area contributed by atoms with E-state index in [9.17, 15) is 14.4 Å². The number of hydrogen-bond donors (Lipinski definition) is 2. The molecule has 2 unspecified atom stereocenters. The highest BCUT2D eigenvalue weighted by molar-refractivity contribution is 6.31. The van der Waals surface area contributed by atoms with Crippen molar-refractivity contribution in [2.45, 2.75) is 38.4 Å². The number of hydrogen-bond acceptors (Lipinski definition) is 4. The second-order valence-corrected chi connectivity index (χ2v) is 9.25. The molecule has 1 heterocycles. The van der Waals surface area contributed by atoms with E-state index < -0.39 is 6.04 Å². The molecular weight excluding hydrogens is 440 g/mol. The Bertz CT molecular complexity index is 1240. The van der Waals surface area contributed by atoms with E-state index in [0.717, 1.165) is 29.5 Å². The van der Waals surface area contributed by atoms with Gasteiger partial charge in [0.05, 0.1) is 6.04 Å². The lowest BCUT2D eigenvalue weighted by molar-refractivity contribution is -0.131. The summed E-state index contributed by atoms with van der Waals surface area (Å²) >= 11 is 6.12. The Kier molecular flexibility index (Phi) is 6.54. The Morgan fingerprint density at radius 2 is 1.94 bits per heavy atom. The molecule has 3 N–H and O–H groups in total. The lowest BCUT2D eigenvalue weighted by Crippen LogP contribution is -2.42. The minimum absolute atomic E-state index is 0.226. The summed E-state index contributed by atoms with van der Waals surface area (Å²) in [5.41, 5.74) is 9.11. The molecule has 1 aromatic heterocycles. The van der Waals surface area contributed by atoms with Crippen LogP contribution < -0.4 is 16.2 Å². The van der Waals surface area contributed by atoms with Gasteiger partial charge >= 0.3 is 0 Å². The van der Waals surface area contributed by atoms with Crippen molar-refractivity contribution in [3.8, 4) is 0 Å². The van der Waals surface area contributed by atoms with Crippen LogP contribution in [0, 0.1) is 5.92 Å². The molecule has 33 heavy (non-hydrogen) atoms. The maximum atomic E-state index is 12.9. The van der Waals surface area contributed by atoms with Crippen LogP contribution in [-0.2, 0) is 22.6 Å². The lowest BCUT2D eigenvalue weighted by atomic mass is 10.0. The molecule has 2 amide bonds. The van der Waals surface area contributed by atoms with Gasteiger partial charge in [-0.1, -0.05) is 30.7 Å². The van der Waals surface area contributed by atoms with Crippen LogP contribution in [0.1, 0.15) is 24.5 Å². The van der Waals surface area contributed by atoms with E-state index >= 15 is 0 Å². The summed E-state index contributed by atoms with van der Waals surface area (Å²) in [4.78, 5) is 42.5. The fourth-order valence-electron chi connectivity index (χ4n) is 4.21. The smallest absolute Gasteiger partial charge is 0.248 e. The Morgan fingerprint density at radius 3 is 2.58 bits per heavy atom. The fraction of sp³-hybridized carbons (Fsp3) is 0.320. The van der Waals surface area contributed by atoms with Crippen molar-refractivity contribution >= 4 is 40.5 Å². The largest absolute Gasteiger partial charge is 0.340 e. The van der Waals surface area contributed by atoms with Gasteiger partial charge < -0.3 is 20.5 Å². The summed E-state index contributed by atoms with van der Waals surface area (Å²) in [6, 6.07) is 13.8. The molecule has 0 aliphatic heterocycles. The molecule has 8 heteroatoms. The first-order valence-electron chi connectivity index (χ1n) is 10.9. The van der Waals surface area contributed by atoms with Gasteiger partial charge in [-0.3, -0.25) is 14.4 Å². The fourth-order valence-corrected chi connectivity index (χ4v) is 4.38. The summed E-state index contributed by atoms with van der Waals surface area (Å²) in [7, 11) is 1.67. The second-order valence-electron chi connectivity index (χ2n) is 8.81. The van der Waals surface area contributed by atoms with Gasteiger partial charge in [-0.25, -0.2) is 0 Å². The zero-order valence-corrected chi connectivity index (χ0v) is 19.4. The number of amides is 2. The molecule has 7 nitrogen and oxygen atoms in total. The third-order valence-electron chi connectivity index (χ3n) is 6.22. The summed E-state index contributed by atoms with van der Waals surface area (Å²) in [6.45, 7) is 2.36. The molecule has 3 aromatic rings. The zero-order valence-electron chi connectivity index (χ0n) is 18.6. The third kappa shape index (κ3) is 5.10. The average Bonchev–Trinajstić information content (AvgIpc) is 3.51. The maximum absolute atomic E-state index is 12.9. The van der Waals surface area contributed by atoms with Crippen LogP contribution >= 0.6 is 11.6 Å². The molecule has 0 bridgehead atoms. The van der Waals surface area contributed by atoms with Gasteiger partial charge in [0.15, 0.2) is 0 Å². The van der Waals surface area contributed by atoms with Crippen molar-refractivity contribution in [2.24, 2.45) is 11.7 Å². The highest BCUT2D eigenvalue weighted by atomic mass is 35.5. The summed E-state index contributed by atoms with van der Waals surface area (Å²) in [5.74, 6) is 0.292. The lowest BCUT2D eigenvalue weighted by Gasteiger charge is -2.22. The van der Waals surface area contributed by atoms with E-state index in [1.54, 1.807) is 30.1 Å². The number of pyridine rings is 1. The van der Waals surface area contributed by atoms with Crippen LogP contribution in [0.25, 0.3) is 10.9 Å². The number of rotatable bonds is 8. The molecule has 1 aliphatic rings. The molecule has 2 aromatic carbocycles. The Hall–Kier alpha value is -3.16. The van der Waals surface area contributed by atoms with Gasteiger partial charge in [0, 0.05) is 47.3 Å². The van der Waals surface area contributed by atoms with Crippen molar-refractivity contribution in [1.29, 1.82) is 0 Å². The number of aromatic nitrogens is 1. The van der Waals surface area contributed by atoms with Gasteiger partial charge in [0.25, 0.3) is 0 Å². The number of carbonyl (C=O) groups excluding carboxylic acids is 2. The minimum atomic E-state index is -0.733. The van der Waals surface area contributed by atoms with Crippen LogP contribution in [0.5, 0.6) is 0 Å². The Balaban J connectivity index is 1.43. The normalized spacial score (nSPS) is 18.1. The molecule has 1 saturated carbocycles. The number of H-pyrrole nitrogens is 1. The number of nitrogens with zero attached hydrogens (tertiary/aromatic N) is 2. The molecule has 1 aliphatic carbocycles. The first-order valence-corrected chi connectivity index (χ1v) is 11.3. The number of halogens is 1. The molecule has 0 saturated heterocycles. The van der Waals surface area contributed by atoms with E-state index in [4.69, 9.17) is 17.3 Å². The zero-order chi connectivity index (χ0) is 23.7. The standard InChI is InChI=1S/C25H27ClN4O3/c1-15-9-23(15)30(14-31)19-6-3-16(4-7-19)10-21(27)25(33)29(2)13-17-11-24(32)28-22-8-5-18(26)12-20(17)22/h3-8,11-12,14-15,21,23H,9-10,13,27H2,1-2H3,(H,28,32)/t15?,21-,23?/m0/s1. The van der Waals surface area contributed by atoms with Crippen molar-refractivity contribution < 1.29 is 9.59 Å². The van der Waals surface area contributed by atoms with Crippen molar-refractivity contribution in [2.75, 3.05) is 11.9 Å². The second kappa shape index (κ2) is 9.37. The van der Waals surface area contributed by atoms with E-state index in [1.807, 2.05) is 24.3 Å². The van der Waals surface area contributed by atoms with Crippen LogP contribution in [0.2, 0.25) is 5.02 Å². The van der Waals surface area contributed by atoms with Crippen LogP contribution in [0.15, 0.2) is 53.3 Å². The van der Waals surface area contributed by atoms with E-state index in [2.05, 4.69) is 11.9 Å². The van der Waals surface area contributed by atoms with Crippen LogP contribution in [0.4, 0.5) is 5.69 Å². The van der Waals surface area contributed by atoms with Crippen molar-refractivity contribution in [3.05, 3.63) is 75.0 Å². The first kappa shape index (κ1) is 23.0. The first-order chi connectivity index (χ1) is 15.8. The minimum Gasteiger partial charge on any atom is -0.340 e. The van der Waals surface area contributed by atoms with E-state index in [1.165, 1.54) is 11.0 Å². The Labute approximate surface area is 197 Å². The number of likely N-dealkylation sites (N-methyl/N-ethyl adjacent to an activating group) is 1. The van der Waals surface area contributed by atoms with Gasteiger partial charge in [0.1, 0.15) is 0 Å². The van der Waals surface area contributed by atoms with Crippen molar-refractivity contribution in [3.63, 3.8) is 0 Å². The highest BCUT2D eigenvalue weighted by Crippen LogP contribution is 2.37. The predicted octanol–water partition coefficient (Wildman–Crippen LogP) is 3.08. The van der Waals surface area contributed by atoms with Gasteiger partial charge in [-0.05, 0) is 60.2 Å². The van der Waals surface area contributed by atoms with Gasteiger partial charge in [-0.15, -0.1) is 0 Å². The number of anilines is 1. The number of aromatic amines is 1. The average molecular weight is 467 g/mol. The monoisotopic (exact) mass is 466 g/mol. The van der Waals surface area contributed by atoms with Crippen molar-refractivity contribution in [1.82, 2.24) is 9.88 Å². The molecule has 172 valence electrons. The quantitative estimate of drug-likeness (QED) is 0.498. The molecule has 0 spiro atoms. The molecule has 0 radical (unpaired) electrons. The predicted molar refractivity (Wildman–Crippen MR) is 130 cm³/mol. The third-order valence-corrected chi connectivity index (χ3v) is 6.45. The number of benzene rings is 2. The highest BCUT2D eigenvalue weighted by Gasteiger charge is 2.38. The van der Waals surface area contributed by atoms with Crippen LogP contribution in [-0.4, -0.2) is 41.3 Å². The summed E-state index contributed by atoms with van der Waals surface area (Å²) in [6.07, 6.45) is 2.26. The molecular formula is C25H27ClN4O3. The van der Waals surface area contributed by atoms with Crippen LogP contribution in [0.3, 0.4) is 0 Å². The molecule has 4 rings (SSSR count). The molecule has 1 fully saturated rings. The van der Waals surface area contributed by atoms with E-state index in [-0.39, 0.29) is 24.1 Å². The number of nitrogens with one attached hydrogen (secondary N) is 1. The SMILES string of the molecule is CC1CC1N(C=O)c1ccc(C[C@H](N)C(=O)N(C)Cc2cc(=O)[nH]c3ccc(Cl)cc23)cc1. The van der Waals surface area contributed by atoms with Gasteiger partial charge in [0.2, 0.25) is 17.9 Å². The summed E-state index contributed by atoms with van der Waals surface area (Å²) in [5, 5.41) is 1.34. The summed E-state index contributed by atoms with van der Waals surface area (Å²) < 4.78 is 0. The van der Waals surface area contributed by atoms with E-state index in [0.29, 0.717) is 28.4 Å².